The zero-order valence-electron chi connectivity index (χ0n) is 9.54. The third-order valence-corrected chi connectivity index (χ3v) is 3.16. The van der Waals surface area contributed by atoms with Gasteiger partial charge in [0.15, 0.2) is 0 Å². The molecular formula is C11H20N2O3. The topological polar surface area (TPSA) is 59.6 Å². The van der Waals surface area contributed by atoms with Crippen molar-refractivity contribution in [2.24, 2.45) is 5.92 Å². The Hall–Kier alpha value is -0.810. The summed E-state index contributed by atoms with van der Waals surface area (Å²) in [6.07, 6.45) is 3.02. The van der Waals surface area contributed by atoms with Crippen molar-refractivity contribution in [2.75, 3.05) is 33.0 Å². The average molecular weight is 228 g/mol. The van der Waals surface area contributed by atoms with Gasteiger partial charge in [-0.1, -0.05) is 0 Å². The van der Waals surface area contributed by atoms with Crippen molar-refractivity contribution in [1.82, 2.24) is 10.6 Å². The van der Waals surface area contributed by atoms with Crippen LogP contribution in [0.25, 0.3) is 0 Å². The first-order valence-corrected chi connectivity index (χ1v) is 6.04. The number of rotatable bonds is 3. The first kappa shape index (κ1) is 11.7. The normalized spacial score (nSPS) is 26.6. The number of carbonyl (C=O) groups excluding carboxylic acids is 1. The van der Waals surface area contributed by atoms with Crippen LogP contribution in [0.2, 0.25) is 0 Å². The quantitative estimate of drug-likeness (QED) is 0.739. The Balaban J connectivity index is 1.59. The molecule has 2 amide bonds. The molecule has 0 aromatic rings. The van der Waals surface area contributed by atoms with Gasteiger partial charge in [0.05, 0.1) is 12.6 Å². The zero-order valence-corrected chi connectivity index (χ0v) is 9.54. The molecule has 0 aromatic heterocycles. The lowest BCUT2D eigenvalue weighted by atomic mass is 10.0. The number of nitrogens with one attached hydrogen (secondary N) is 2. The molecule has 0 spiro atoms. The Morgan fingerprint density at radius 2 is 1.88 bits per heavy atom. The van der Waals surface area contributed by atoms with Crippen LogP contribution >= 0.6 is 0 Å². The number of ether oxygens (including phenoxy) is 2. The predicted octanol–water partition coefficient (Wildman–Crippen LogP) is 0.501. The first-order valence-electron chi connectivity index (χ1n) is 6.04. The molecule has 1 unspecified atom stereocenters. The monoisotopic (exact) mass is 228 g/mol. The van der Waals surface area contributed by atoms with Crippen LogP contribution < -0.4 is 10.6 Å². The van der Waals surface area contributed by atoms with Crippen molar-refractivity contribution in [1.29, 1.82) is 0 Å². The van der Waals surface area contributed by atoms with Crippen molar-refractivity contribution in [2.45, 2.75) is 25.3 Å². The van der Waals surface area contributed by atoms with Crippen LogP contribution in [0.5, 0.6) is 0 Å². The van der Waals surface area contributed by atoms with E-state index in [4.69, 9.17) is 9.47 Å². The fourth-order valence-corrected chi connectivity index (χ4v) is 2.07. The number of amides is 2. The SMILES string of the molecule is O=C(NCC1CCOCC1)NC1CCOC1. The number of hydrogen-bond donors (Lipinski definition) is 2. The lowest BCUT2D eigenvalue weighted by Gasteiger charge is -2.22. The van der Waals surface area contributed by atoms with E-state index in [1.165, 1.54) is 0 Å². The molecule has 92 valence electrons. The summed E-state index contributed by atoms with van der Waals surface area (Å²) in [5.74, 6) is 0.569. The van der Waals surface area contributed by atoms with Gasteiger partial charge in [0.1, 0.15) is 0 Å². The minimum Gasteiger partial charge on any atom is -0.381 e. The van der Waals surface area contributed by atoms with Gasteiger partial charge < -0.3 is 20.1 Å². The Morgan fingerprint density at radius 3 is 2.56 bits per heavy atom. The molecule has 16 heavy (non-hydrogen) atoms. The van der Waals surface area contributed by atoms with Crippen LogP contribution in [-0.2, 0) is 9.47 Å². The van der Waals surface area contributed by atoms with E-state index in [0.717, 1.165) is 45.6 Å². The fraction of sp³-hybridized carbons (Fsp3) is 0.909. The second kappa shape index (κ2) is 6.06. The van der Waals surface area contributed by atoms with E-state index in [9.17, 15) is 4.79 Å². The van der Waals surface area contributed by atoms with Gasteiger partial charge in [-0.15, -0.1) is 0 Å². The zero-order chi connectivity index (χ0) is 11.2. The van der Waals surface area contributed by atoms with E-state index >= 15 is 0 Å². The number of hydrogen-bond acceptors (Lipinski definition) is 3. The smallest absolute Gasteiger partial charge is 0.315 e. The highest BCUT2D eigenvalue weighted by Crippen LogP contribution is 2.13. The molecule has 5 nitrogen and oxygen atoms in total. The summed E-state index contributed by atoms with van der Waals surface area (Å²) in [6, 6.07) is 0.122. The van der Waals surface area contributed by atoms with Gasteiger partial charge in [-0.25, -0.2) is 4.79 Å². The highest BCUT2D eigenvalue weighted by atomic mass is 16.5. The summed E-state index contributed by atoms with van der Waals surface area (Å²) < 4.78 is 10.5. The molecule has 0 radical (unpaired) electrons. The highest BCUT2D eigenvalue weighted by molar-refractivity contribution is 5.74. The van der Waals surface area contributed by atoms with Gasteiger partial charge in [0, 0.05) is 26.4 Å². The molecule has 0 aliphatic carbocycles. The summed E-state index contributed by atoms with van der Waals surface area (Å²) in [5, 5.41) is 5.83. The Bertz CT molecular complexity index is 223. The van der Waals surface area contributed by atoms with Gasteiger partial charge in [0.25, 0.3) is 0 Å². The fourth-order valence-electron chi connectivity index (χ4n) is 2.07. The maximum absolute atomic E-state index is 11.5. The first-order chi connectivity index (χ1) is 7.84. The van der Waals surface area contributed by atoms with Crippen molar-refractivity contribution < 1.29 is 14.3 Å². The van der Waals surface area contributed by atoms with Crippen molar-refractivity contribution in [3.8, 4) is 0 Å². The van der Waals surface area contributed by atoms with E-state index in [0.29, 0.717) is 12.5 Å². The van der Waals surface area contributed by atoms with E-state index in [1.807, 2.05) is 0 Å². The maximum atomic E-state index is 11.5. The van der Waals surface area contributed by atoms with Gasteiger partial charge in [-0.3, -0.25) is 0 Å². The van der Waals surface area contributed by atoms with E-state index in [2.05, 4.69) is 10.6 Å². The van der Waals surface area contributed by atoms with Crippen LogP contribution in [0.3, 0.4) is 0 Å². The largest absolute Gasteiger partial charge is 0.381 e. The van der Waals surface area contributed by atoms with E-state index in [-0.39, 0.29) is 12.1 Å². The van der Waals surface area contributed by atoms with Crippen LogP contribution in [0, 0.1) is 5.92 Å². The predicted molar refractivity (Wildman–Crippen MR) is 59.3 cm³/mol. The van der Waals surface area contributed by atoms with Crippen LogP contribution in [0.1, 0.15) is 19.3 Å². The minimum atomic E-state index is -0.0676. The Morgan fingerprint density at radius 1 is 1.12 bits per heavy atom. The third-order valence-electron chi connectivity index (χ3n) is 3.16. The molecule has 1 atom stereocenters. The molecule has 2 rings (SSSR count). The third kappa shape index (κ3) is 3.64. The van der Waals surface area contributed by atoms with Gasteiger partial charge >= 0.3 is 6.03 Å². The summed E-state index contributed by atoms with van der Waals surface area (Å²) in [4.78, 5) is 11.5. The highest BCUT2D eigenvalue weighted by Gasteiger charge is 2.19. The second-order valence-corrected chi connectivity index (χ2v) is 4.47. The summed E-state index contributed by atoms with van der Waals surface area (Å²) in [6.45, 7) is 3.80. The molecule has 5 heteroatoms. The second-order valence-electron chi connectivity index (χ2n) is 4.47. The molecule has 2 saturated heterocycles. The van der Waals surface area contributed by atoms with Crippen molar-refractivity contribution >= 4 is 6.03 Å². The van der Waals surface area contributed by atoms with Crippen molar-refractivity contribution in [3.05, 3.63) is 0 Å². The molecule has 0 saturated carbocycles. The molecule has 0 aromatic carbocycles. The average Bonchev–Trinajstić information content (AvgIpc) is 2.81. The molecule has 2 aliphatic heterocycles. The lowest BCUT2D eigenvalue weighted by molar-refractivity contribution is 0.0669. The molecule has 2 N–H and O–H groups in total. The lowest BCUT2D eigenvalue weighted by Crippen LogP contribution is -2.44. The molecule has 2 fully saturated rings. The Labute approximate surface area is 95.9 Å². The van der Waals surface area contributed by atoms with Gasteiger partial charge in [-0.2, -0.15) is 0 Å². The number of carbonyl (C=O) groups is 1. The summed E-state index contributed by atoms with van der Waals surface area (Å²) in [5.41, 5.74) is 0. The van der Waals surface area contributed by atoms with Gasteiger partial charge in [-0.05, 0) is 25.2 Å². The molecule has 0 bridgehead atoms. The van der Waals surface area contributed by atoms with Crippen LogP contribution in [-0.4, -0.2) is 45.0 Å². The Kier molecular flexibility index (Phi) is 4.42. The van der Waals surface area contributed by atoms with Gasteiger partial charge in [0.2, 0.25) is 0 Å². The molecular weight excluding hydrogens is 208 g/mol. The maximum Gasteiger partial charge on any atom is 0.315 e. The molecule has 2 aliphatic rings. The minimum absolute atomic E-state index is 0.0676. The summed E-state index contributed by atoms with van der Waals surface area (Å²) in [7, 11) is 0. The van der Waals surface area contributed by atoms with Crippen LogP contribution in [0.4, 0.5) is 4.79 Å². The summed E-state index contributed by atoms with van der Waals surface area (Å²) >= 11 is 0. The standard InChI is InChI=1S/C11H20N2O3/c14-11(13-10-3-6-16-8-10)12-7-9-1-4-15-5-2-9/h9-10H,1-8H2,(H2,12,13,14). The van der Waals surface area contributed by atoms with E-state index < -0.39 is 0 Å². The number of urea groups is 1. The van der Waals surface area contributed by atoms with Crippen LogP contribution in [0.15, 0.2) is 0 Å². The van der Waals surface area contributed by atoms with Crippen molar-refractivity contribution in [3.63, 3.8) is 0 Å². The molecule has 2 heterocycles. The van der Waals surface area contributed by atoms with E-state index in [1.54, 1.807) is 0 Å².